The highest BCUT2D eigenvalue weighted by Gasteiger charge is 2.60. The zero-order valence-corrected chi connectivity index (χ0v) is 24.6. The van der Waals surface area contributed by atoms with E-state index in [1.54, 1.807) is 13.8 Å². The minimum atomic E-state index is -5.89. The van der Waals surface area contributed by atoms with Crippen LogP contribution in [0.15, 0.2) is 18.2 Å². The van der Waals surface area contributed by atoms with Crippen molar-refractivity contribution in [2.24, 2.45) is 0 Å². The number of amides is 1. The average molecular weight is 671 g/mol. The van der Waals surface area contributed by atoms with Crippen molar-refractivity contribution in [3.63, 3.8) is 0 Å². The Labute approximate surface area is 251 Å². The fraction of sp³-hybridized carbons (Fsp3) is 0.654. The third-order valence-corrected chi connectivity index (χ3v) is 5.96. The van der Waals surface area contributed by atoms with E-state index in [0.717, 1.165) is 12.1 Å². The van der Waals surface area contributed by atoms with Gasteiger partial charge in [0.05, 0.1) is 11.7 Å². The number of carbonyl (C=O) groups excluding carboxylic acids is 3. The average Bonchev–Trinajstić information content (AvgIpc) is 2.85. The quantitative estimate of drug-likeness (QED) is 0.134. The van der Waals surface area contributed by atoms with Gasteiger partial charge >= 0.3 is 36.7 Å². The molecule has 0 bridgehead atoms. The first kappa shape index (κ1) is 37.5. The lowest BCUT2D eigenvalue weighted by molar-refractivity contribution is -0.308. The topological polar surface area (TPSA) is 104 Å². The molecule has 0 saturated carbocycles. The molecule has 1 aromatic rings. The fourth-order valence-electron chi connectivity index (χ4n) is 3.77. The molecule has 1 amide bonds. The van der Waals surface area contributed by atoms with E-state index < -0.39 is 72.2 Å². The molecule has 10 nitrogen and oxygen atoms in total. The van der Waals surface area contributed by atoms with E-state index in [9.17, 15) is 53.9 Å². The zero-order valence-electron chi connectivity index (χ0n) is 24.6. The molecule has 0 aliphatic carbocycles. The van der Waals surface area contributed by atoms with E-state index in [1.165, 1.54) is 25.7 Å². The lowest BCUT2D eigenvalue weighted by atomic mass is 10.1. The summed E-state index contributed by atoms with van der Waals surface area (Å²) in [6, 6.07) is 2.43. The van der Waals surface area contributed by atoms with E-state index in [4.69, 9.17) is 18.9 Å². The molecule has 0 aromatic heterocycles. The number of halogens is 9. The van der Waals surface area contributed by atoms with Gasteiger partial charge in [0.1, 0.15) is 5.75 Å². The largest absolute Gasteiger partial charge is 0.511 e. The van der Waals surface area contributed by atoms with Crippen LogP contribution in [0.2, 0.25) is 0 Å². The van der Waals surface area contributed by atoms with Gasteiger partial charge in [0.25, 0.3) is 6.10 Å². The Hall–Kier alpha value is -3.64. The van der Waals surface area contributed by atoms with Gasteiger partial charge in [-0.3, -0.25) is 4.90 Å². The van der Waals surface area contributed by atoms with Gasteiger partial charge in [-0.25, -0.2) is 14.4 Å². The molecule has 1 fully saturated rings. The van der Waals surface area contributed by atoms with E-state index >= 15 is 0 Å². The second kappa shape index (κ2) is 14.2. The first-order chi connectivity index (χ1) is 20.4. The van der Waals surface area contributed by atoms with Crippen LogP contribution in [0.5, 0.6) is 5.75 Å². The maximum atomic E-state index is 13.5. The van der Waals surface area contributed by atoms with Gasteiger partial charge in [-0.15, -0.1) is 0 Å². The van der Waals surface area contributed by atoms with Crippen molar-refractivity contribution >= 4 is 18.2 Å². The number of ether oxygens (including phenoxy) is 5. The third kappa shape index (κ3) is 11.3. The van der Waals surface area contributed by atoms with Crippen LogP contribution in [-0.4, -0.2) is 90.6 Å². The van der Waals surface area contributed by atoms with Gasteiger partial charge in [0, 0.05) is 45.2 Å². The molecular weight excluding hydrogens is 639 g/mol. The van der Waals surface area contributed by atoms with Crippen LogP contribution >= 0.6 is 0 Å². The SMILES string of the molecule is CC(C)OC(=O)OC(C)OC(=O)C(C)(C)Oc1cc(C(F)(F)F)ccc1CN1CCN(C(=O)OC(C(F)(F)F)C(F)(F)F)CC1. The van der Waals surface area contributed by atoms with E-state index in [2.05, 4.69) is 4.74 Å². The molecule has 256 valence electrons. The van der Waals surface area contributed by atoms with Gasteiger partial charge in [0.2, 0.25) is 6.29 Å². The number of esters is 1. The summed E-state index contributed by atoms with van der Waals surface area (Å²) < 4.78 is 141. The van der Waals surface area contributed by atoms with Crippen molar-refractivity contribution < 1.29 is 77.6 Å². The zero-order chi connectivity index (χ0) is 34.5. The highest BCUT2D eigenvalue weighted by atomic mass is 19.4. The Morgan fingerprint density at radius 2 is 1.36 bits per heavy atom. The van der Waals surface area contributed by atoms with E-state index in [1.807, 2.05) is 0 Å². The Morgan fingerprint density at radius 3 is 1.84 bits per heavy atom. The monoisotopic (exact) mass is 670 g/mol. The van der Waals surface area contributed by atoms with Crippen LogP contribution in [0.3, 0.4) is 0 Å². The van der Waals surface area contributed by atoms with Crippen molar-refractivity contribution in [3.8, 4) is 5.75 Å². The fourth-order valence-corrected chi connectivity index (χ4v) is 3.77. The van der Waals surface area contributed by atoms with Gasteiger partial charge in [-0.05, 0) is 39.8 Å². The summed E-state index contributed by atoms with van der Waals surface area (Å²) in [5.74, 6) is -1.53. The normalized spacial score (nSPS) is 16.0. The predicted octanol–water partition coefficient (Wildman–Crippen LogP) is 6.06. The first-order valence-corrected chi connectivity index (χ1v) is 13.2. The third-order valence-electron chi connectivity index (χ3n) is 5.96. The summed E-state index contributed by atoms with van der Waals surface area (Å²) in [4.78, 5) is 38.6. The highest BCUT2D eigenvalue weighted by Crippen LogP contribution is 2.37. The lowest BCUT2D eigenvalue weighted by Gasteiger charge is -2.35. The number of alkyl halides is 9. The summed E-state index contributed by atoms with van der Waals surface area (Å²) >= 11 is 0. The standard InChI is InChI=1S/C26H31F9N2O8/c1-14(2)41-22(40)43-15(3)42-20(38)23(4,5)45-18-12-17(24(27,28)29)7-6-16(18)13-36-8-10-37(11-9-36)21(39)44-19(25(30,31)32)26(33,34)35/h6-7,12,14-15,19H,8-11,13H2,1-5H3. The molecule has 0 radical (unpaired) electrons. The molecule has 1 atom stereocenters. The van der Waals surface area contributed by atoms with Crippen LogP contribution in [0.25, 0.3) is 0 Å². The number of piperazine rings is 1. The highest BCUT2D eigenvalue weighted by molar-refractivity contribution is 5.79. The summed E-state index contributed by atoms with van der Waals surface area (Å²) in [5, 5.41) is 0. The maximum absolute atomic E-state index is 13.5. The summed E-state index contributed by atoms with van der Waals surface area (Å²) in [7, 11) is 0. The molecule has 1 unspecified atom stereocenters. The number of hydrogen-bond donors (Lipinski definition) is 0. The first-order valence-electron chi connectivity index (χ1n) is 13.2. The Balaban J connectivity index is 2.15. The van der Waals surface area contributed by atoms with Crippen LogP contribution in [-0.2, 0) is 36.5 Å². The summed E-state index contributed by atoms with van der Waals surface area (Å²) in [6.07, 6.45) is -25.9. The van der Waals surface area contributed by atoms with Crippen molar-refractivity contribution in [2.45, 2.75) is 83.8 Å². The molecule has 1 aliphatic heterocycles. The molecule has 1 saturated heterocycles. The minimum absolute atomic E-state index is 0.110. The van der Waals surface area contributed by atoms with Gasteiger partial charge in [-0.1, -0.05) is 6.07 Å². The number of nitrogens with zero attached hydrogens (tertiary/aromatic N) is 2. The van der Waals surface area contributed by atoms with Crippen molar-refractivity contribution in [1.29, 1.82) is 0 Å². The van der Waals surface area contributed by atoms with Crippen molar-refractivity contribution in [3.05, 3.63) is 29.3 Å². The van der Waals surface area contributed by atoms with Crippen LogP contribution < -0.4 is 4.74 Å². The molecule has 0 N–H and O–H groups in total. The molecule has 1 aromatic carbocycles. The molecule has 0 spiro atoms. The van der Waals surface area contributed by atoms with Crippen LogP contribution in [0.1, 0.15) is 45.7 Å². The van der Waals surface area contributed by atoms with Gasteiger partial charge < -0.3 is 28.6 Å². The van der Waals surface area contributed by atoms with E-state index in [0.29, 0.717) is 11.0 Å². The maximum Gasteiger partial charge on any atom is 0.511 e. The molecule has 1 aliphatic rings. The molecular formula is C26H31F9N2O8. The number of rotatable bonds is 9. The summed E-state index contributed by atoms with van der Waals surface area (Å²) in [6.45, 7) is 5.50. The van der Waals surface area contributed by atoms with Crippen LogP contribution in [0.4, 0.5) is 49.1 Å². The van der Waals surface area contributed by atoms with Gasteiger partial charge in [-0.2, -0.15) is 39.5 Å². The number of carbonyl (C=O) groups is 3. The summed E-state index contributed by atoms with van der Waals surface area (Å²) in [5.41, 5.74) is -2.96. The van der Waals surface area contributed by atoms with Gasteiger partial charge in [0.15, 0.2) is 5.60 Å². The Kier molecular flexibility index (Phi) is 11.8. The second-order valence-electron chi connectivity index (χ2n) is 10.6. The Morgan fingerprint density at radius 1 is 0.800 bits per heavy atom. The Bertz CT molecular complexity index is 1180. The minimum Gasteiger partial charge on any atom is -0.476 e. The smallest absolute Gasteiger partial charge is 0.476 e. The molecule has 2 rings (SSSR count). The lowest BCUT2D eigenvalue weighted by Crippen LogP contribution is -2.52. The van der Waals surface area contributed by atoms with Crippen molar-refractivity contribution in [1.82, 2.24) is 9.80 Å². The van der Waals surface area contributed by atoms with Crippen LogP contribution in [0, 0.1) is 0 Å². The molecule has 19 heteroatoms. The molecule has 1 heterocycles. The number of benzene rings is 1. The van der Waals surface area contributed by atoms with Crippen molar-refractivity contribution in [2.75, 3.05) is 26.2 Å². The van der Waals surface area contributed by atoms with E-state index in [-0.39, 0.29) is 38.3 Å². The molecule has 45 heavy (non-hydrogen) atoms. The number of hydrogen-bond acceptors (Lipinski definition) is 9. The predicted molar refractivity (Wildman–Crippen MR) is 134 cm³/mol. The second-order valence-corrected chi connectivity index (χ2v) is 10.6.